The highest BCUT2D eigenvalue weighted by Crippen LogP contribution is 2.41. The Morgan fingerprint density at radius 3 is 2.55 bits per heavy atom. The fourth-order valence-corrected chi connectivity index (χ4v) is 4.43. The number of nitrogens with one attached hydrogen (secondary N) is 1. The van der Waals surface area contributed by atoms with Gasteiger partial charge < -0.3 is 5.32 Å². The van der Waals surface area contributed by atoms with Crippen LogP contribution in [0.4, 0.5) is 23.4 Å². The van der Waals surface area contributed by atoms with E-state index in [1.807, 2.05) is 0 Å². The third-order valence-electron chi connectivity index (χ3n) is 6.41. The fraction of sp³-hybridized carbons (Fsp3) is 0.200. The van der Waals surface area contributed by atoms with Gasteiger partial charge in [-0.15, -0.1) is 0 Å². The van der Waals surface area contributed by atoms with E-state index >= 15 is 0 Å². The van der Waals surface area contributed by atoms with E-state index in [9.17, 15) is 22.4 Å². The number of carbonyl (C=O) groups excluding carboxylic acids is 1. The number of hydrogen-bond donors (Lipinski definition) is 1. The molecule has 0 fully saturated rings. The van der Waals surface area contributed by atoms with Crippen molar-refractivity contribution in [2.75, 3.05) is 5.32 Å². The van der Waals surface area contributed by atoms with Crippen molar-refractivity contribution in [1.82, 2.24) is 34.5 Å². The van der Waals surface area contributed by atoms with Gasteiger partial charge in [0.2, 0.25) is 5.91 Å². The van der Waals surface area contributed by atoms with Gasteiger partial charge in [-0.2, -0.15) is 23.4 Å². The summed E-state index contributed by atoms with van der Waals surface area (Å²) in [5.41, 5.74) is -0.868. The number of amides is 1. The number of carbonyl (C=O) groups is 1. The molecule has 0 spiro atoms. The van der Waals surface area contributed by atoms with Crippen molar-refractivity contribution in [3.05, 3.63) is 77.5 Å². The van der Waals surface area contributed by atoms with E-state index in [2.05, 4.69) is 30.5 Å². The van der Waals surface area contributed by atoms with Crippen molar-refractivity contribution in [2.24, 2.45) is 0 Å². The maximum Gasteiger partial charge on any atom is 0.435 e. The maximum atomic E-state index is 14.4. The molecule has 4 aromatic heterocycles. The van der Waals surface area contributed by atoms with Crippen LogP contribution in [0.3, 0.4) is 0 Å². The molecule has 5 heterocycles. The second-order valence-corrected chi connectivity index (χ2v) is 9.29. The van der Waals surface area contributed by atoms with E-state index in [4.69, 9.17) is 0 Å². The number of anilines is 1. The van der Waals surface area contributed by atoms with E-state index in [0.29, 0.717) is 22.2 Å². The summed E-state index contributed by atoms with van der Waals surface area (Å²) in [4.78, 5) is 26.2. The van der Waals surface area contributed by atoms with Crippen LogP contribution in [0.2, 0.25) is 0 Å². The van der Waals surface area contributed by atoms with Crippen LogP contribution in [0.25, 0.3) is 28.4 Å². The first kappa shape index (κ1) is 23.7. The predicted octanol–water partition coefficient (Wildman–Crippen LogP) is 4.51. The van der Waals surface area contributed by atoms with Gasteiger partial charge in [-0.05, 0) is 38.1 Å². The number of rotatable bonds is 4. The van der Waals surface area contributed by atoms with E-state index in [-0.39, 0.29) is 35.6 Å². The minimum absolute atomic E-state index is 0.00421. The largest absolute Gasteiger partial charge is 0.435 e. The topological polar surface area (TPSA) is 103 Å². The van der Waals surface area contributed by atoms with Crippen LogP contribution in [-0.2, 0) is 22.9 Å². The third kappa shape index (κ3) is 3.69. The third-order valence-corrected chi connectivity index (χ3v) is 6.41. The number of aromatic nitrogens is 7. The first-order valence-corrected chi connectivity index (χ1v) is 11.5. The van der Waals surface area contributed by atoms with Gasteiger partial charge in [0, 0.05) is 18.0 Å². The van der Waals surface area contributed by atoms with Gasteiger partial charge in [0.1, 0.15) is 17.3 Å². The first-order chi connectivity index (χ1) is 18.0. The van der Waals surface area contributed by atoms with Crippen molar-refractivity contribution in [3.8, 4) is 17.3 Å². The lowest BCUT2D eigenvalue weighted by molar-refractivity contribution is -0.141. The Hall–Kier alpha value is -4.68. The van der Waals surface area contributed by atoms with Crippen LogP contribution in [0.5, 0.6) is 0 Å². The summed E-state index contributed by atoms with van der Waals surface area (Å²) in [6.45, 7) is 3.31. The molecule has 0 saturated heterocycles. The molecular formula is C25H18F4N8O. The molecule has 0 unspecified atom stereocenters. The van der Waals surface area contributed by atoms with Crippen LogP contribution < -0.4 is 5.32 Å². The molecule has 0 radical (unpaired) electrons. The number of pyridine rings is 1. The second-order valence-electron chi connectivity index (χ2n) is 9.29. The van der Waals surface area contributed by atoms with Gasteiger partial charge >= 0.3 is 6.18 Å². The zero-order valence-electron chi connectivity index (χ0n) is 20.0. The molecule has 38 heavy (non-hydrogen) atoms. The number of benzene rings is 1. The average Bonchev–Trinajstić information content (AvgIpc) is 3.56. The molecule has 13 heteroatoms. The zero-order valence-corrected chi connectivity index (χ0v) is 20.0. The molecule has 1 aliphatic heterocycles. The van der Waals surface area contributed by atoms with Crippen LogP contribution in [0.15, 0.2) is 54.9 Å². The van der Waals surface area contributed by atoms with Gasteiger partial charge in [-0.1, -0.05) is 18.2 Å². The van der Waals surface area contributed by atoms with Crippen molar-refractivity contribution >= 4 is 22.8 Å². The molecule has 0 bridgehead atoms. The van der Waals surface area contributed by atoms with E-state index < -0.39 is 23.1 Å². The highest BCUT2D eigenvalue weighted by Gasteiger charge is 2.44. The summed E-state index contributed by atoms with van der Waals surface area (Å²) >= 11 is 0. The summed E-state index contributed by atoms with van der Waals surface area (Å²) in [6, 6.07) is 10.5. The molecule has 5 aromatic rings. The van der Waals surface area contributed by atoms with E-state index in [1.165, 1.54) is 10.7 Å². The Morgan fingerprint density at radius 1 is 1.03 bits per heavy atom. The molecule has 0 saturated carbocycles. The molecule has 1 aromatic carbocycles. The molecule has 1 amide bonds. The molecule has 0 aliphatic carbocycles. The summed E-state index contributed by atoms with van der Waals surface area (Å²) in [6.07, 6.45) is -1.97. The lowest BCUT2D eigenvalue weighted by atomic mass is 9.87. The van der Waals surface area contributed by atoms with Crippen LogP contribution >= 0.6 is 0 Å². The maximum absolute atomic E-state index is 14.4. The summed E-state index contributed by atoms with van der Waals surface area (Å²) in [5, 5.41) is 11.5. The molecule has 9 nitrogen and oxygen atoms in total. The lowest BCUT2D eigenvalue weighted by Gasteiger charge is -2.18. The monoisotopic (exact) mass is 522 g/mol. The highest BCUT2D eigenvalue weighted by atomic mass is 19.4. The average molecular weight is 522 g/mol. The predicted molar refractivity (Wildman–Crippen MR) is 128 cm³/mol. The normalized spacial score (nSPS) is 14.6. The SMILES string of the molecule is CC1(C)C(=O)Nc2nc(-c3nn(Cc4ccccc4F)c4ncccc34)nc(-n3ccc(C(F)(F)F)n3)c21. The number of nitrogens with zero attached hydrogens (tertiary/aromatic N) is 7. The van der Waals surface area contributed by atoms with Crippen molar-refractivity contribution in [3.63, 3.8) is 0 Å². The fourth-order valence-electron chi connectivity index (χ4n) is 4.43. The smallest absolute Gasteiger partial charge is 0.309 e. The molecule has 1 N–H and O–H groups in total. The Bertz CT molecular complexity index is 1740. The Balaban J connectivity index is 1.56. The summed E-state index contributed by atoms with van der Waals surface area (Å²) < 4.78 is 56.8. The quantitative estimate of drug-likeness (QED) is 0.349. The van der Waals surface area contributed by atoms with Crippen molar-refractivity contribution in [1.29, 1.82) is 0 Å². The Kier molecular flexibility index (Phi) is 5.09. The lowest BCUT2D eigenvalue weighted by Crippen LogP contribution is -2.28. The molecule has 0 atom stereocenters. The van der Waals surface area contributed by atoms with Gasteiger partial charge in [-0.3, -0.25) is 4.79 Å². The van der Waals surface area contributed by atoms with E-state index in [0.717, 1.165) is 16.9 Å². The molecule has 1 aliphatic rings. The van der Waals surface area contributed by atoms with Crippen LogP contribution in [-0.4, -0.2) is 40.4 Å². The van der Waals surface area contributed by atoms with Gasteiger partial charge in [0.15, 0.2) is 23.0 Å². The summed E-state index contributed by atoms with van der Waals surface area (Å²) in [5.74, 6) is -0.616. The number of alkyl halides is 3. The van der Waals surface area contributed by atoms with Crippen molar-refractivity contribution < 1.29 is 22.4 Å². The van der Waals surface area contributed by atoms with Crippen molar-refractivity contribution in [2.45, 2.75) is 32.0 Å². The van der Waals surface area contributed by atoms with E-state index in [1.54, 1.807) is 50.4 Å². The van der Waals surface area contributed by atoms with Gasteiger partial charge in [-0.25, -0.2) is 28.7 Å². The molecule has 192 valence electrons. The molecule has 6 rings (SSSR count). The minimum Gasteiger partial charge on any atom is -0.309 e. The number of hydrogen-bond acceptors (Lipinski definition) is 6. The Labute approximate surface area is 212 Å². The van der Waals surface area contributed by atoms with Gasteiger partial charge in [0.25, 0.3) is 0 Å². The standard InChI is InChI=1S/C25H18F4N8O/c1-24(2)17-19(33-23(24)38)31-20(32-22(17)36-11-9-16(34-36)25(27,28)29)18-14-7-5-10-30-21(14)37(35-18)12-13-6-3-4-8-15(13)26/h3-11H,12H2,1-2H3,(H,31,32,33,38). The number of halogens is 4. The molecular weight excluding hydrogens is 504 g/mol. The number of fused-ring (bicyclic) bond motifs is 2. The van der Waals surface area contributed by atoms with Crippen LogP contribution in [0.1, 0.15) is 30.7 Å². The second kappa shape index (κ2) is 8.16. The van der Waals surface area contributed by atoms with Crippen LogP contribution in [0, 0.1) is 5.82 Å². The minimum atomic E-state index is -4.67. The first-order valence-electron chi connectivity index (χ1n) is 11.5. The van der Waals surface area contributed by atoms with Gasteiger partial charge in [0.05, 0.1) is 22.9 Å². The Morgan fingerprint density at radius 2 is 1.82 bits per heavy atom. The highest BCUT2D eigenvalue weighted by molar-refractivity contribution is 6.06. The summed E-state index contributed by atoms with van der Waals surface area (Å²) in [7, 11) is 0. The zero-order chi connectivity index (χ0) is 26.8.